The van der Waals surface area contributed by atoms with Gasteiger partial charge in [-0.25, -0.2) is 4.79 Å². The molecule has 1 saturated heterocycles. The molecule has 0 spiro atoms. The molecule has 2 fully saturated rings. The highest BCUT2D eigenvalue weighted by atomic mass is 19.4. The molecule has 5 rings (SSSR count). The lowest BCUT2D eigenvalue weighted by Gasteiger charge is -2.21. The van der Waals surface area contributed by atoms with Crippen LogP contribution >= 0.6 is 0 Å². The van der Waals surface area contributed by atoms with E-state index in [1.54, 1.807) is 12.1 Å². The average molecular weight is 539 g/mol. The van der Waals surface area contributed by atoms with Gasteiger partial charge in [0.2, 0.25) is 0 Å². The van der Waals surface area contributed by atoms with E-state index in [1.807, 2.05) is 0 Å². The van der Waals surface area contributed by atoms with Crippen LogP contribution in [0.2, 0.25) is 0 Å². The number of aromatic amines is 1. The van der Waals surface area contributed by atoms with E-state index in [2.05, 4.69) is 14.6 Å². The Labute approximate surface area is 212 Å². The second kappa shape index (κ2) is 9.33. The number of para-hydroxylation sites is 1. The van der Waals surface area contributed by atoms with Crippen molar-refractivity contribution in [3.63, 3.8) is 0 Å². The number of nitrogens with zero attached hydrogens (tertiary/aromatic N) is 2. The summed E-state index contributed by atoms with van der Waals surface area (Å²) in [5.41, 5.74) is -1.69. The van der Waals surface area contributed by atoms with Gasteiger partial charge in [0.25, 0.3) is 5.56 Å². The zero-order valence-corrected chi connectivity index (χ0v) is 19.9. The van der Waals surface area contributed by atoms with Crippen LogP contribution < -0.4 is 16.0 Å². The van der Waals surface area contributed by atoms with E-state index in [4.69, 9.17) is 0 Å². The lowest BCUT2D eigenvalue weighted by atomic mass is 9.94. The van der Waals surface area contributed by atoms with Gasteiger partial charge in [-0.2, -0.15) is 13.2 Å². The number of rotatable bonds is 7. The summed E-state index contributed by atoms with van der Waals surface area (Å²) in [6.07, 6.45) is -6.68. The minimum atomic E-state index is -4.95. The number of hydrogen-bond donors (Lipinski definition) is 1. The third-order valence-electron chi connectivity index (χ3n) is 7.29. The standard InChI is InChI=1S/C26H23F6N3O3/c27-25(28,29)17-8-6-16(7-9-17)24-12-18(24)13-34(15-24)10-3-11-35-14-20(22(36)33-23(35)37)19-4-1-2-5-21(19)38-26(30,31)32/h1-2,4-9,14,18H,3,10-13,15H2,(H,33,36,37)/t18-,24+/m0/s1. The highest BCUT2D eigenvalue weighted by molar-refractivity contribution is 5.68. The molecule has 1 saturated carbocycles. The van der Waals surface area contributed by atoms with E-state index in [0.29, 0.717) is 25.4 Å². The number of halogens is 6. The Kier molecular flexibility index (Phi) is 6.41. The number of ether oxygens (including phenoxy) is 1. The first-order valence-corrected chi connectivity index (χ1v) is 11.9. The molecular weight excluding hydrogens is 516 g/mol. The number of H-pyrrole nitrogens is 1. The van der Waals surface area contributed by atoms with E-state index in [9.17, 15) is 35.9 Å². The van der Waals surface area contributed by atoms with Crippen molar-refractivity contribution in [3.05, 3.63) is 86.7 Å². The molecule has 2 atom stereocenters. The van der Waals surface area contributed by atoms with Crippen molar-refractivity contribution in [2.75, 3.05) is 19.6 Å². The van der Waals surface area contributed by atoms with Gasteiger partial charge in [-0.15, -0.1) is 13.2 Å². The summed E-state index contributed by atoms with van der Waals surface area (Å²) < 4.78 is 82.4. The largest absolute Gasteiger partial charge is 0.573 e. The van der Waals surface area contributed by atoms with Gasteiger partial charge in [-0.1, -0.05) is 30.3 Å². The second-order valence-electron chi connectivity index (χ2n) is 9.76. The van der Waals surface area contributed by atoms with Crippen molar-refractivity contribution in [1.29, 1.82) is 0 Å². The molecule has 2 aliphatic rings. The number of piperidine rings is 1. The van der Waals surface area contributed by atoms with Crippen LogP contribution in [0.5, 0.6) is 5.75 Å². The molecule has 1 aliphatic carbocycles. The topological polar surface area (TPSA) is 67.3 Å². The zero-order chi connectivity index (χ0) is 27.3. The number of aromatic nitrogens is 2. The average Bonchev–Trinajstić information content (AvgIpc) is 3.41. The highest BCUT2D eigenvalue weighted by Gasteiger charge is 2.60. The number of aryl methyl sites for hydroxylation is 1. The van der Waals surface area contributed by atoms with Crippen LogP contribution in [0.25, 0.3) is 11.1 Å². The van der Waals surface area contributed by atoms with Crippen LogP contribution in [0, 0.1) is 5.92 Å². The fourth-order valence-corrected chi connectivity index (χ4v) is 5.43. The first-order chi connectivity index (χ1) is 17.9. The molecule has 2 heterocycles. The second-order valence-corrected chi connectivity index (χ2v) is 9.76. The van der Waals surface area contributed by atoms with E-state index < -0.39 is 35.1 Å². The van der Waals surface area contributed by atoms with Crippen molar-refractivity contribution < 1.29 is 31.1 Å². The van der Waals surface area contributed by atoms with Crippen molar-refractivity contribution in [2.45, 2.75) is 37.3 Å². The Balaban J connectivity index is 1.25. The number of alkyl halides is 6. The SMILES string of the molecule is O=c1[nH]c(=O)n(CCCN2C[C@@H]3C[C@]3(c3ccc(C(F)(F)F)cc3)C2)cc1-c1ccccc1OC(F)(F)F. The fraction of sp³-hybridized carbons (Fsp3) is 0.385. The van der Waals surface area contributed by atoms with Crippen molar-refractivity contribution >= 4 is 0 Å². The molecule has 1 N–H and O–H groups in total. The molecule has 12 heteroatoms. The predicted molar refractivity (Wildman–Crippen MR) is 126 cm³/mol. The van der Waals surface area contributed by atoms with Crippen LogP contribution in [-0.4, -0.2) is 40.4 Å². The van der Waals surface area contributed by atoms with E-state index in [-0.39, 0.29) is 23.1 Å². The maximum atomic E-state index is 12.9. The number of hydrogen-bond acceptors (Lipinski definition) is 4. The maximum Gasteiger partial charge on any atom is 0.573 e. The van der Waals surface area contributed by atoms with Crippen LogP contribution in [0.4, 0.5) is 26.3 Å². The van der Waals surface area contributed by atoms with Crippen molar-refractivity contribution in [1.82, 2.24) is 14.5 Å². The monoisotopic (exact) mass is 539 g/mol. The molecule has 6 nitrogen and oxygen atoms in total. The van der Waals surface area contributed by atoms with Crippen molar-refractivity contribution in [3.8, 4) is 16.9 Å². The molecule has 0 unspecified atom stereocenters. The van der Waals surface area contributed by atoms with E-state index in [0.717, 1.165) is 36.7 Å². The molecule has 2 aromatic carbocycles. The van der Waals surface area contributed by atoms with Crippen LogP contribution in [0.1, 0.15) is 24.0 Å². The minimum absolute atomic E-state index is 0.0991. The van der Waals surface area contributed by atoms with Gasteiger partial charge >= 0.3 is 18.2 Å². The molecular formula is C26H23F6N3O3. The third-order valence-corrected chi connectivity index (χ3v) is 7.29. The Morgan fingerprint density at radius 3 is 2.34 bits per heavy atom. The Morgan fingerprint density at radius 1 is 0.947 bits per heavy atom. The number of benzene rings is 2. The molecule has 0 bridgehead atoms. The van der Waals surface area contributed by atoms with Gasteiger partial charge in [0.1, 0.15) is 5.75 Å². The van der Waals surface area contributed by atoms with Gasteiger partial charge < -0.3 is 9.64 Å². The summed E-state index contributed by atoms with van der Waals surface area (Å²) in [6.45, 7) is 2.29. The van der Waals surface area contributed by atoms with Gasteiger partial charge in [-0.3, -0.25) is 14.3 Å². The number of nitrogens with one attached hydrogen (secondary N) is 1. The smallest absolute Gasteiger partial charge is 0.405 e. The maximum absolute atomic E-state index is 12.9. The number of fused-ring (bicyclic) bond motifs is 1. The van der Waals surface area contributed by atoms with Gasteiger partial charge in [0, 0.05) is 36.8 Å². The first-order valence-electron chi connectivity index (χ1n) is 11.9. The summed E-state index contributed by atoms with van der Waals surface area (Å²) in [5, 5.41) is 0. The zero-order valence-electron chi connectivity index (χ0n) is 19.9. The van der Waals surface area contributed by atoms with Crippen LogP contribution in [0.15, 0.2) is 64.3 Å². The molecule has 38 heavy (non-hydrogen) atoms. The lowest BCUT2D eigenvalue weighted by Crippen LogP contribution is -2.32. The van der Waals surface area contributed by atoms with E-state index >= 15 is 0 Å². The number of likely N-dealkylation sites (tertiary alicyclic amines) is 1. The molecule has 1 aliphatic heterocycles. The van der Waals surface area contributed by atoms with Gasteiger partial charge in [-0.05, 0) is 49.1 Å². The Hall–Kier alpha value is -3.54. The highest BCUT2D eigenvalue weighted by Crippen LogP contribution is 2.59. The fourth-order valence-electron chi connectivity index (χ4n) is 5.43. The molecule has 202 valence electrons. The van der Waals surface area contributed by atoms with Crippen LogP contribution in [-0.2, 0) is 18.1 Å². The summed E-state index contributed by atoms with van der Waals surface area (Å²) in [7, 11) is 0. The molecule has 1 aromatic heterocycles. The Morgan fingerprint density at radius 2 is 1.66 bits per heavy atom. The summed E-state index contributed by atoms with van der Waals surface area (Å²) in [4.78, 5) is 29.1. The quantitative estimate of drug-likeness (QED) is 0.439. The Bertz CT molecular complexity index is 1440. The summed E-state index contributed by atoms with van der Waals surface area (Å²) in [6, 6.07) is 10.5. The molecule has 0 radical (unpaired) electrons. The molecule has 3 aromatic rings. The van der Waals surface area contributed by atoms with Crippen LogP contribution in [0.3, 0.4) is 0 Å². The first kappa shape index (κ1) is 26.1. The summed E-state index contributed by atoms with van der Waals surface area (Å²) in [5.74, 6) is -0.202. The minimum Gasteiger partial charge on any atom is -0.405 e. The van der Waals surface area contributed by atoms with E-state index in [1.165, 1.54) is 29.0 Å². The third kappa shape index (κ3) is 5.22. The normalized spacial score (nSPS) is 21.4. The summed E-state index contributed by atoms with van der Waals surface area (Å²) >= 11 is 0. The predicted octanol–water partition coefficient (Wildman–Crippen LogP) is 4.78. The van der Waals surface area contributed by atoms with Crippen molar-refractivity contribution in [2.24, 2.45) is 5.92 Å². The van der Waals surface area contributed by atoms with Gasteiger partial charge in [0.05, 0.1) is 11.1 Å². The van der Waals surface area contributed by atoms with Gasteiger partial charge in [0.15, 0.2) is 0 Å². The lowest BCUT2D eigenvalue weighted by molar-refractivity contribution is -0.274. The molecule has 0 amide bonds.